The highest BCUT2D eigenvalue weighted by molar-refractivity contribution is 7.79. The summed E-state index contributed by atoms with van der Waals surface area (Å²) in [5.41, 5.74) is 2.34. The Hall–Kier alpha value is -2.44. The highest BCUT2D eigenvalue weighted by Crippen LogP contribution is 2.34. The molecule has 0 radical (unpaired) electrons. The van der Waals surface area contributed by atoms with Crippen LogP contribution in [0.4, 0.5) is 0 Å². The first-order chi connectivity index (χ1) is 12.5. The Labute approximate surface area is 155 Å². The Kier molecular flexibility index (Phi) is 5.85. The van der Waals surface area contributed by atoms with E-state index in [0.717, 1.165) is 12.8 Å². The van der Waals surface area contributed by atoms with Crippen LogP contribution < -0.4 is 0 Å². The van der Waals surface area contributed by atoms with Crippen LogP contribution in [0.15, 0.2) is 72.1 Å². The van der Waals surface area contributed by atoms with Gasteiger partial charge in [0.1, 0.15) is 23.5 Å². The van der Waals surface area contributed by atoms with Gasteiger partial charge in [-0.05, 0) is 25.3 Å². The van der Waals surface area contributed by atoms with Gasteiger partial charge < -0.3 is 14.0 Å². The Bertz CT molecular complexity index is 830. The van der Waals surface area contributed by atoms with E-state index >= 15 is 0 Å². The number of allylic oxidation sites excluding steroid dienone is 4. The van der Waals surface area contributed by atoms with Crippen LogP contribution in [0.1, 0.15) is 47.4 Å². The summed E-state index contributed by atoms with van der Waals surface area (Å²) in [4.78, 5) is 11.4. The molecule has 0 fully saturated rings. The number of hydrogen-bond donors (Lipinski definition) is 1. The third-order valence-electron chi connectivity index (χ3n) is 4.21. The van der Waals surface area contributed by atoms with E-state index in [1.807, 2.05) is 12.2 Å². The van der Waals surface area contributed by atoms with E-state index in [9.17, 15) is 13.6 Å². The summed E-state index contributed by atoms with van der Waals surface area (Å²) in [6, 6.07) is 6.59. The number of carbonyl (C=O) groups excluding carboxylic acids is 1. The maximum absolute atomic E-state index is 11.9. The molecule has 0 amide bonds. The zero-order chi connectivity index (χ0) is 18.5. The van der Waals surface area contributed by atoms with Gasteiger partial charge in [0.2, 0.25) is 0 Å². The zero-order valence-corrected chi connectivity index (χ0v) is 15.2. The molecule has 1 aromatic carbocycles. The van der Waals surface area contributed by atoms with Crippen molar-refractivity contribution < 1.29 is 23.0 Å². The number of carbonyl (C=O) groups is 1. The summed E-state index contributed by atoms with van der Waals surface area (Å²) < 4.78 is 32.9. The lowest BCUT2D eigenvalue weighted by Crippen LogP contribution is -2.14. The second-order valence-corrected chi connectivity index (χ2v) is 7.17. The molecule has 0 bridgehead atoms. The molecule has 0 saturated heterocycles. The highest BCUT2D eigenvalue weighted by Gasteiger charge is 2.28. The summed E-state index contributed by atoms with van der Waals surface area (Å²) in [6.45, 7) is 1.48. The molecule has 0 aromatic heterocycles. The van der Waals surface area contributed by atoms with Crippen molar-refractivity contribution >= 4 is 16.9 Å². The second kappa shape index (κ2) is 8.29. The van der Waals surface area contributed by atoms with E-state index < -0.39 is 16.3 Å². The van der Waals surface area contributed by atoms with Crippen LogP contribution in [0.2, 0.25) is 0 Å². The van der Waals surface area contributed by atoms with Gasteiger partial charge in [-0.25, -0.2) is 4.21 Å². The maximum Gasteiger partial charge on any atom is 0.168 e. The van der Waals surface area contributed by atoms with Crippen molar-refractivity contribution in [2.24, 2.45) is 0 Å². The molecule has 26 heavy (non-hydrogen) atoms. The third-order valence-corrected chi connectivity index (χ3v) is 5.12. The van der Waals surface area contributed by atoms with Crippen LogP contribution in [-0.4, -0.2) is 14.5 Å². The molecule has 2 atom stereocenters. The van der Waals surface area contributed by atoms with Gasteiger partial charge in [0.15, 0.2) is 22.6 Å². The molecule has 1 heterocycles. The second-order valence-electron chi connectivity index (χ2n) is 6.15. The number of ketones is 1. The number of hydrogen-bond acceptors (Lipinski definition) is 4. The van der Waals surface area contributed by atoms with Crippen molar-refractivity contribution in [2.45, 2.75) is 31.4 Å². The molecule has 0 spiro atoms. The lowest BCUT2D eigenvalue weighted by atomic mass is 10.0. The quantitative estimate of drug-likeness (QED) is 0.586. The van der Waals surface area contributed by atoms with E-state index in [1.165, 1.54) is 25.0 Å². The largest absolute Gasteiger partial charge is 0.466 e. The van der Waals surface area contributed by atoms with Gasteiger partial charge in [-0.3, -0.25) is 4.79 Å². The van der Waals surface area contributed by atoms with Gasteiger partial charge in [0.25, 0.3) is 0 Å². The van der Waals surface area contributed by atoms with E-state index in [0.29, 0.717) is 23.3 Å². The Balaban J connectivity index is 1.77. The Morgan fingerprint density at radius 3 is 2.65 bits per heavy atom. The lowest BCUT2D eigenvalue weighted by molar-refractivity contribution is 0.101. The van der Waals surface area contributed by atoms with Crippen molar-refractivity contribution in [1.82, 2.24) is 0 Å². The highest BCUT2D eigenvalue weighted by atomic mass is 32.2. The van der Waals surface area contributed by atoms with Gasteiger partial charge in [-0.2, -0.15) is 0 Å². The lowest BCUT2D eigenvalue weighted by Gasteiger charge is -2.23. The van der Waals surface area contributed by atoms with Crippen LogP contribution >= 0.6 is 0 Å². The molecule has 3 rings (SSSR count). The average Bonchev–Trinajstić information content (AvgIpc) is 2.63. The molecule has 136 valence electrons. The molecule has 0 saturated carbocycles. The van der Waals surface area contributed by atoms with E-state index in [2.05, 4.69) is 6.08 Å². The number of benzene rings is 1. The minimum Gasteiger partial charge on any atom is -0.466 e. The normalized spacial score (nSPS) is 18.6. The van der Waals surface area contributed by atoms with Gasteiger partial charge in [0.05, 0.1) is 0 Å². The molecule has 1 aliphatic heterocycles. The molecular weight excluding hydrogens is 352 g/mol. The molecular formula is C20H20O5S. The molecule has 1 aromatic rings. The molecule has 2 unspecified atom stereocenters. The van der Waals surface area contributed by atoms with Crippen LogP contribution in [0.25, 0.3) is 0 Å². The predicted molar refractivity (Wildman–Crippen MR) is 99.4 cm³/mol. The van der Waals surface area contributed by atoms with Crippen LogP contribution in [-0.2, 0) is 20.6 Å². The smallest absolute Gasteiger partial charge is 0.168 e. The molecule has 5 nitrogen and oxygen atoms in total. The minimum absolute atomic E-state index is 0.0605. The third kappa shape index (κ3) is 4.39. The Morgan fingerprint density at radius 2 is 2.04 bits per heavy atom. The molecule has 1 N–H and O–H groups in total. The number of ether oxygens (including phenoxy) is 2. The van der Waals surface area contributed by atoms with Crippen molar-refractivity contribution in [3.05, 3.63) is 83.2 Å². The monoisotopic (exact) mass is 372 g/mol. The van der Waals surface area contributed by atoms with E-state index in [4.69, 9.17) is 9.47 Å². The number of Topliss-reactive ketones (excluding diaryl/α,β-unsaturated/α-hetero) is 1. The number of rotatable bonds is 6. The van der Waals surface area contributed by atoms with Gasteiger partial charge in [-0.1, -0.05) is 48.1 Å². The minimum atomic E-state index is -2.20. The van der Waals surface area contributed by atoms with E-state index in [-0.39, 0.29) is 11.5 Å². The first-order valence-corrected chi connectivity index (χ1v) is 9.49. The maximum atomic E-state index is 11.9. The topological polar surface area (TPSA) is 72.8 Å². The fourth-order valence-electron chi connectivity index (χ4n) is 2.87. The SMILES string of the molecule is CC(=O)c1ccc(C(C2=COC=C(CC3=CC=CCC3)O2)S(=O)O)cc1. The summed E-state index contributed by atoms with van der Waals surface area (Å²) in [6.07, 6.45) is 11.6. The van der Waals surface area contributed by atoms with Crippen molar-refractivity contribution in [3.63, 3.8) is 0 Å². The molecule has 1 aliphatic carbocycles. The molecule has 6 heteroatoms. The standard InChI is InChI=1S/C20H20O5S/c1-14(21)16-7-9-17(10-8-16)20(26(22)23)19-13-24-12-18(25-19)11-15-5-3-2-4-6-15/h2-3,5,7-10,12-13,20H,4,6,11H2,1H3,(H,22,23). The summed E-state index contributed by atoms with van der Waals surface area (Å²) in [5, 5.41) is -0.889. The van der Waals surface area contributed by atoms with Crippen LogP contribution in [0, 0.1) is 0 Å². The summed E-state index contributed by atoms with van der Waals surface area (Å²) >= 11 is -2.20. The fraction of sp³-hybridized carbons (Fsp3) is 0.250. The first kappa shape index (κ1) is 18.4. The van der Waals surface area contributed by atoms with Gasteiger partial charge in [0, 0.05) is 12.0 Å². The van der Waals surface area contributed by atoms with Gasteiger partial charge >= 0.3 is 0 Å². The molecule has 2 aliphatic rings. The van der Waals surface area contributed by atoms with Crippen molar-refractivity contribution in [2.75, 3.05) is 0 Å². The predicted octanol–water partition coefficient (Wildman–Crippen LogP) is 4.55. The Morgan fingerprint density at radius 1 is 1.27 bits per heavy atom. The van der Waals surface area contributed by atoms with Crippen LogP contribution in [0.3, 0.4) is 0 Å². The van der Waals surface area contributed by atoms with E-state index in [1.54, 1.807) is 24.3 Å². The average molecular weight is 372 g/mol. The fourth-order valence-corrected chi connectivity index (χ4v) is 3.56. The van der Waals surface area contributed by atoms with Gasteiger partial charge in [-0.15, -0.1) is 0 Å². The van der Waals surface area contributed by atoms with Crippen molar-refractivity contribution in [3.8, 4) is 0 Å². The summed E-state index contributed by atoms with van der Waals surface area (Å²) in [5.74, 6) is 0.806. The zero-order valence-electron chi connectivity index (χ0n) is 14.4. The van der Waals surface area contributed by atoms with Crippen molar-refractivity contribution in [1.29, 1.82) is 0 Å². The first-order valence-electron chi connectivity index (χ1n) is 8.32. The summed E-state index contributed by atoms with van der Waals surface area (Å²) in [7, 11) is 0. The van der Waals surface area contributed by atoms with Crippen LogP contribution in [0.5, 0.6) is 0 Å².